The SMILES string of the molecule is Cn1nc(C(=O)N[C@H]2C[C@@H]3OCC[C@H]23)cc1-c1ccccc1. The van der Waals surface area contributed by atoms with Gasteiger partial charge >= 0.3 is 0 Å². The van der Waals surface area contributed by atoms with Crippen molar-refractivity contribution in [2.45, 2.75) is 25.0 Å². The maximum absolute atomic E-state index is 12.4. The van der Waals surface area contributed by atoms with Crippen LogP contribution in [0.1, 0.15) is 23.3 Å². The molecule has 2 heterocycles. The zero-order chi connectivity index (χ0) is 15.1. The predicted molar refractivity (Wildman–Crippen MR) is 82.4 cm³/mol. The van der Waals surface area contributed by atoms with Gasteiger partial charge in [-0.1, -0.05) is 30.3 Å². The third-order valence-electron chi connectivity index (χ3n) is 4.76. The molecule has 22 heavy (non-hydrogen) atoms. The van der Waals surface area contributed by atoms with Gasteiger partial charge in [-0.15, -0.1) is 0 Å². The van der Waals surface area contributed by atoms with E-state index in [1.807, 2.05) is 43.4 Å². The number of ether oxygens (including phenoxy) is 1. The summed E-state index contributed by atoms with van der Waals surface area (Å²) >= 11 is 0. The smallest absolute Gasteiger partial charge is 0.272 e. The molecule has 0 radical (unpaired) electrons. The molecule has 2 aromatic rings. The van der Waals surface area contributed by atoms with Gasteiger partial charge in [-0.25, -0.2) is 0 Å². The number of rotatable bonds is 3. The third kappa shape index (κ3) is 2.22. The van der Waals surface area contributed by atoms with Crippen molar-refractivity contribution in [1.29, 1.82) is 0 Å². The van der Waals surface area contributed by atoms with Crippen molar-refractivity contribution < 1.29 is 9.53 Å². The summed E-state index contributed by atoms with van der Waals surface area (Å²) in [5.41, 5.74) is 2.48. The van der Waals surface area contributed by atoms with Crippen LogP contribution in [0.15, 0.2) is 36.4 Å². The first kappa shape index (κ1) is 13.5. The lowest BCUT2D eigenvalue weighted by Crippen LogP contribution is -2.53. The molecule has 114 valence electrons. The van der Waals surface area contributed by atoms with Crippen LogP contribution in [0.4, 0.5) is 0 Å². The van der Waals surface area contributed by atoms with E-state index in [0.29, 0.717) is 17.7 Å². The number of amides is 1. The van der Waals surface area contributed by atoms with Crippen LogP contribution in [-0.4, -0.2) is 34.4 Å². The predicted octanol–water partition coefficient (Wildman–Crippen LogP) is 1.99. The van der Waals surface area contributed by atoms with E-state index in [1.165, 1.54) is 0 Å². The number of aryl methyl sites for hydroxylation is 1. The average Bonchev–Trinajstić information content (AvgIpc) is 3.09. The van der Waals surface area contributed by atoms with Crippen LogP contribution in [0.5, 0.6) is 0 Å². The van der Waals surface area contributed by atoms with E-state index in [1.54, 1.807) is 4.68 Å². The Hall–Kier alpha value is -2.14. The molecule has 3 atom stereocenters. The van der Waals surface area contributed by atoms with Crippen LogP contribution in [-0.2, 0) is 11.8 Å². The summed E-state index contributed by atoms with van der Waals surface area (Å²) in [7, 11) is 1.86. The van der Waals surface area contributed by atoms with Crippen LogP contribution >= 0.6 is 0 Å². The molecule has 4 rings (SSSR count). The minimum Gasteiger partial charge on any atom is -0.378 e. The van der Waals surface area contributed by atoms with Crippen LogP contribution in [0.3, 0.4) is 0 Å². The second-order valence-corrected chi connectivity index (χ2v) is 6.08. The number of nitrogens with one attached hydrogen (secondary N) is 1. The number of fused-ring (bicyclic) bond motifs is 1. The summed E-state index contributed by atoms with van der Waals surface area (Å²) in [6, 6.07) is 12.1. The Balaban J connectivity index is 1.50. The van der Waals surface area contributed by atoms with Gasteiger partial charge in [0.1, 0.15) is 0 Å². The fourth-order valence-electron chi connectivity index (χ4n) is 3.46. The maximum Gasteiger partial charge on any atom is 0.272 e. The van der Waals surface area contributed by atoms with Crippen molar-refractivity contribution >= 4 is 5.91 Å². The maximum atomic E-state index is 12.4. The monoisotopic (exact) mass is 297 g/mol. The van der Waals surface area contributed by atoms with E-state index in [0.717, 1.165) is 30.7 Å². The molecule has 5 nitrogen and oxygen atoms in total. The lowest BCUT2D eigenvalue weighted by atomic mass is 9.76. The Kier molecular flexibility index (Phi) is 3.22. The minimum atomic E-state index is -0.0897. The number of hydrogen-bond donors (Lipinski definition) is 1. The first-order chi connectivity index (χ1) is 10.7. The zero-order valence-electron chi connectivity index (χ0n) is 12.5. The van der Waals surface area contributed by atoms with Crippen LogP contribution in [0, 0.1) is 5.92 Å². The number of benzene rings is 1. The van der Waals surface area contributed by atoms with Crippen molar-refractivity contribution in [1.82, 2.24) is 15.1 Å². The summed E-state index contributed by atoms with van der Waals surface area (Å²) in [4.78, 5) is 12.4. The Labute approximate surface area is 129 Å². The standard InChI is InChI=1S/C17H19N3O2/c1-20-15(11-5-3-2-4-6-11)9-14(19-20)17(21)18-13-10-16-12(13)7-8-22-16/h2-6,9,12-13,16H,7-8,10H2,1H3,(H,18,21)/t12-,13+,16+/m1/s1. The highest BCUT2D eigenvalue weighted by atomic mass is 16.5. The Bertz CT molecular complexity index is 695. The van der Waals surface area contributed by atoms with Gasteiger partial charge in [0.25, 0.3) is 5.91 Å². The van der Waals surface area contributed by atoms with E-state index in [9.17, 15) is 4.79 Å². The quantitative estimate of drug-likeness (QED) is 0.942. The molecule has 1 amide bonds. The topological polar surface area (TPSA) is 56.2 Å². The molecule has 0 unspecified atom stereocenters. The first-order valence-electron chi connectivity index (χ1n) is 7.74. The van der Waals surface area contributed by atoms with E-state index < -0.39 is 0 Å². The highest BCUT2D eigenvalue weighted by Gasteiger charge is 2.45. The molecular formula is C17H19N3O2. The largest absolute Gasteiger partial charge is 0.378 e. The van der Waals surface area contributed by atoms with E-state index in [2.05, 4.69) is 10.4 Å². The van der Waals surface area contributed by atoms with Gasteiger partial charge in [0.05, 0.1) is 11.8 Å². The average molecular weight is 297 g/mol. The van der Waals surface area contributed by atoms with Crippen molar-refractivity contribution in [2.24, 2.45) is 13.0 Å². The molecule has 1 saturated heterocycles. The molecule has 1 aromatic heterocycles. The fraction of sp³-hybridized carbons (Fsp3) is 0.412. The fourth-order valence-corrected chi connectivity index (χ4v) is 3.46. The Morgan fingerprint density at radius 1 is 1.36 bits per heavy atom. The Morgan fingerprint density at radius 2 is 2.18 bits per heavy atom. The molecule has 0 spiro atoms. The van der Waals surface area contributed by atoms with E-state index in [4.69, 9.17) is 4.74 Å². The number of carbonyl (C=O) groups excluding carboxylic acids is 1. The van der Waals surface area contributed by atoms with E-state index >= 15 is 0 Å². The normalized spacial score (nSPS) is 26.3. The van der Waals surface area contributed by atoms with Gasteiger partial charge in [0.15, 0.2) is 5.69 Å². The lowest BCUT2D eigenvalue weighted by Gasteiger charge is -2.39. The van der Waals surface area contributed by atoms with Crippen LogP contribution in [0.25, 0.3) is 11.3 Å². The molecule has 2 aliphatic rings. The minimum absolute atomic E-state index is 0.0897. The molecule has 1 aliphatic carbocycles. The van der Waals surface area contributed by atoms with Gasteiger partial charge in [-0.05, 0) is 24.5 Å². The highest BCUT2D eigenvalue weighted by Crippen LogP contribution is 2.38. The number of carbonyl (C=O) groups is 1. The van der Waals surface area contributed by atoms with E-state index in [-0.39, 0.29) is 11.9 Å². The molecule has 1 saturated carbocycles. The van der Waals surface area contributed by atoms with Gasteiger partial charge in [-0.3, -0.25) is 9.48 Å². The second kappa shape index (κ2) is 5.25. The second-order valence-electron chi connectivity index (χ2n) is 6.08. The van der Waals surface area contributed by atoms with Crippen molar-refractivity contribution in [3.63, 3.8) is 0 Å². The molecule has 1 aromatic carbocycles. The lowest BCUT2D eigenvalue weighted by molar-refractivity contribution is 0.00802. The zero-order valence-corrected chi connectivity index (χ0v) is 12.5. The number of aromatic nitrogens is 2. The summed E-state index contributed by atoms with van der Waals surface area (Å²) in [5, 5.41) is 7.46. The summed E-state index contributed by atoms with van der Waals surface area (Å²) in [5.74, 6) is 0.398. The van der Waals surface area contributed by atoms with Gasteiger partial charge in [0, 0.05) is 25.6 Å². The molecular weight excluding hydrogens is 278 g/mol. The summed E-state index contributed by atoms with van der Waals surface area (Å²) in [6.45, 7) is 0.823. The molecule has 5 heteroatoms. The van der Waals surface area contributed by atoms with Gasteiger partial charge in [0.2, 0.25) is 0 Å². The highest BCUT2D eigenvalue weighted by molar-refractivity contribution is 5.93. The molecule has 2 fully saturated rings. The first-order valence-corrected chi connectivity index (χ1v) is 7.74. The molecule has 0 bridgehead atoms. The van der Waals surface area contributed by atoms with Gasteiger partial charge < -0.3 is 10.1 Å². The van der Waals surface area contributed by atoms with Gasteiger partial charge in [-0.2, -0.15) is 5.10 Å². The van der Waals surface area contributed by atoms with Crippen molar-refractivity contribution in [3.05, 3.63) is 42.1 Å². The summed E-state index contributed by atoms with van der Waals surface area (Å²) < 4.78 is 7.34. The number of hydrogen-bond acceptors (Lipinski definition) is 3. The van der Waals surface area contributed by atoms with Crippen LogP contribution in [0.2, 0.25) is 0 Å². The van der Waals surface area contributed by atoms with Crippen molar-refractivity contribution in [2.75, 3.05) is 6.61 Å². The summed E-state index contributed by atoms with van der Waals surface area (Å²) in [6.07, 6.45) is 2.33. The number of nitrogens with zero attached hydrogens (tertiary/aromatic N) is 2. The third-order valence-corrected chi connectivity index (χ3v) is 4.76. The molecule has 1 N–H and O–H groups in total. The molecule has 1 aliphatic heterocycles. The van der Waals surface area contributed by atoms with Crippen LogP contribution < -0.4 is 5.32 Å². The Morgan fingerprint density at radius 3 is 2.95 bits per heavy atom. The van der Waals surface area contributed by atoms with Crippen molar-refractivity contribution in [3.8, 4) is 11.3 Å².